The molecule has 6 rings (SSSR count). The van der Waals surface area contributed by atoms with E-state index in [0.717, 1.165) is 57.4 Å². The predicted octanol–water partition coefficient (Wildman–Crippen LogP) is 4.39. The van der Waals surface area contributed by atoms with Crippen LogP contribution in [-0.4, -0.2) is 66.5 Å². The second-order valence-corrected chi connectivity index (χ2v) is 10.3. The van der Waals surface area contributed by atoms with Crippen LogP contribution in [0.4, 0.5) is 4.39 Å². The lowest BCUT2D eigenvalue weighted by Gasteiger charge is -2.51. The topological polar surface area (TPSA) is 46.6 Å². The molecule has 180 valence electrons. The maximum Gasteiger partial charge on any atom is 0.328 e. The van der Waals surface area contributed by atoms with Crippen molar-refractivity contribution < 1.29 is 23.2 Å². The van der Waals surface area contributed by atoms with Crippen molar-refractivity contribution in [3.05, 3.63) is 71.5 Å². The monoisotopic (exact) mass is 465 g/mol. The second kappa shape index (κ2) is 9.96. The highest BCUT2D eigenvalue weighted by Crippen LogP contribution is 2.37. The Balaban J connectivity index is 1.30. The Hall–Kier alpha value is -2.57. The van der Waals surface area contributed by atoms with Gasteiger partial charge in [0.1, 0.15) is 24.9 Å². The number of carbonyl (C=O) groups excluding carboxylic acids is 2. The minimum atomic E-state index is -0.389. The average Bonchev–Trinajstić information content (AvgIpc) is 2.86. The Morgan fingerprint density at radius 3 is 2.44 bits per heavy atom. The molecule has 0 radical (unpaired) electrons. The largest absolute Gasteiger partial charge is 0.455 e. The highest BCUT2D eigenvalue weighted by Gasteiger charge is 2.49. The molecule has 2 bridgehead atoms. The van der Waals surface area contributed by atoms with Gasteiger partial charge in [0.15, 0.2) is 6.10 Å². The first-order valence-electron chi connectivity index (χ1n) is 12.7. The zero-order valence-electron chi connectivity index (χ0n) is 19.7. The van der Waals surface area contributed by atoms with Gasteiger partial charge in [-0.1, -0.05) is 48.9 Å². The Morgan fingerprint density at radius 2 is 1.74 bits per heavy atom. The van der Waals surface area contributed by atoms with Crippen LogP contribution in [0.5, 0.6) is 0 Å². The summed E-state index contributed by atoms with van der Waals surface area (Å²) in [5.41, 5.74) is 1.41. The minimum Gasteiger partial charge on any atom is -0.455 e. The van der Waals surface area contributed by atoms with Crippen LogP contribution in [0, 0.1) is 11.7 Å². The average molecular weight is 466 g/mol. The lowest BCUT2D eigenvalue weighted by atomic mass is 9.82. The van der Waals surface area contributed by atoms with E-state index in [1.54, 1.807) is 12.1 Å². The van der Waals surface area contributed by atoms with Gasteiger partial charge in [0.2, 0.25) is 5.78 Å². The van der Waals surface area contributed by atoms with E-state index < -0.39 is 0 Å². The molecule has 0 aliphatic carbocycles. The highest BCUT2D eigenvalue weighted by molar-refractivity contribution is 5.97. The third-order valence-electron chi connectivity index (χ3n) is 8.03. The second-order valence-electron chi connectivity index (χ2n) is 10.3. The highest BCUT2D eigenvalue weighted by atomic mass is 19.1. The molecule has 6 heteroatoms. The van der Waals surface area contributed by atoms with Crippen LogP contribution in [0.15, 0.2) is 54.6 Å². The number of piperidine rings is 4. The summed E-state index contributed by atoms with van der Waals surface area (Å²) in [5, 5.41) is 0. The maximum absolute atomic E-state index is 13.6. The van der Waals surface area contributed by atoms with Gasteiger partial charge in [-0.15, -0.1) is 0 Å². The number of halogens is 1. The molecule has 2 atom stereocenters. The van der Waals surface area contributed by atoms with Crippen molar-refractivity contribution in [3.63, 3.8) is 0 Å². The van der Waals surface area contributed by atoms with Crippen molar-refractivity contribution in [2.24, 2.45) is 5.92 Å². The van der Waals surface area contributed by atoms with Gasteiger partial charge in [0, 0.05) is 24.3 Å². The zero-order valence-corrected chi connectivity index (χ0v) is 19.7. The number of Topliss-reactive ketones (excluding diaryl/α,β-unsaturated/α-hetero) is 1. The van der Waals surface area contributed by atoms with Crippen LogP contribution >= 0.6 is 0 Å². The molecule has 0 N–H and O–H groups in total. The van der Waals surface area contributed by atoms with Crippen LogP contribution in [0.1, 0.15) is 54.1 Å². The zero-order chi connectivity index (χ0) is 23.5. The minimum absolute atomic E-state index is 0.0413. The van der Waals surface area contributed by atoms with Crippen molar-refractivity contribution in [1.82, 2.24) is 4.90 Å². The van der Waals surface area contributed by atoms with Crippen molar-refractivity contribution in [3.8, 4) is 0 Å². The Labute approximate surface area is 201 Å². The van der Waals surface area contributed by atoms with E-state index in [-0.39, 0.29) is 29.7 Å². The first-order chi connectivity index (χ1) is 16.5. The molecule has 4 fully saturated rings. The number of rotatable bonds is 7. The number of nitrogens with zero attached hydrogens (tertiary/aromatic N) is 2. The summed E-state index contributed by atoms with van der Waals surface area (Å²) in [5.74, 6) is -0.243. The van der Waals surface area contributed by atoms with E-state index >= 15 is 0 Å². The van der Waals surface area contributed by atoms with Gasteiger partial charge < -0.3 is 9.22 Å². The van der Waals surface area contributed by atoms with Gasteiger partial charge in [0.25, 0.3) is 0 Å². The third kappa shape index (κ3) is 4.93. The van der Waals surface area contributed by atoms with Crippen LogP contribution in [0.25, 0.3) is 0 Å². The van der Waals surface area contributed by atoms with Crippen molar-refractivity contribution >= 4 is 11.8 Å². The molecule has 2 aromatic rings. The smallest absolute Gasteiger partial charge is 0.328 e. The van der Waals surface area contributed by atoms with Gasteiger partial charge in [0.05, 0.1) is 13.1 Å². The summed E-state index contributed by atoms with van der Waals surface area (Å²) in [7, 11) is 0. The van der Waals surface area contributed by atoms with E-state index in [1.165, 1.54) is 18.6 Å². The molecule has 4 aliphatic rings. The number of esters is 1. The first-order valence-corrected chi connectivity index (χ1v) is 12.7. The molecule has 34 heavy (non-hydrogen) atoms. The number of quaternary nitrogens is 1. The van der Waals surface area contributed by atoms with E-state index in [0.29, 0.717) is 29.1 Å². The third-order valence-corrected chi connectivity index (χ3v) is 8.03. The van der Waals surface area contributed by atoms with Crippen molar-refractivity contribution in [1.29, 1.82) is 0 Å². The number of carbonyl (C=O) groups is 2. The van der Waals surface area contributed by atoms with Crippen LogP contribution < -0.4 is 0 Å². The Kier molecular flexibility index (Phi) is 6.79. The van der Waals surface area contributed by atoms with Gasteiger partial charge in [-0.25, -0.2) is 9.18 Å². The quantitative estimate of drug-likeness (QED) is 0.346. The molecule has 4 heterocycles. The molecular weight excluding hydrogens is 431 g/mol. The lowest BCUT2D eigenvalue weighted by Crippen LogP contribution is -2.66. The Morgan fingerprint density at radius 1 is 1.00 bits per heavy atom. The molecule has 0 spiro atoms. The molecule has 2 aromatic carbocycles. The van der Waals surface area contributed by atoms with Gasteiger partial charge in [-0.2, -0.15) is 0 Å². The molecule has 4 aliphatic heterocycles. The fraction of sp³-hybridized carbons (Fsp3) is 0.500. The summed E-state index contributed by atoms with van der Waals surface area (Å²) >= 11 is 0. The maximum atomic E-state index is 13.6. The van der Waals surface area contributed by atoms with Crippen molar-refractivity contribution in [2.45, 2.75) is 44.2 Å². The van der Waals surface area contributed by atoms with Gasteiger partial charge in [-0.05, 0) is 43.6 Å². The number of ketones is 1. The first kappa shape index (κ1) is 23.2. The normalized spacial score (nSPS) is 27.8. The molecule has 4 saturated heterocycles. The fourth-order valence-corrected chi connectivity index (χ4v) is 6.16. The van der Waals surface area contributed by atoms with E-state index in [9.17, 15) is 14.0 Å². The number of benzene rings is 2. The summed E-state index contributed by atoms with van der Waals surface area (Å²) in [4.78, 5) is 28.8. The number of ether oxygens (including phenoxy) is 1. The standard InChI is InChI=1S/C28H34FN2O3/c29-24-11-7-10-23(18-24)25(32)19-31-16-12-21(13-17-31)26(20-31)34-28(33)27(22-8-3-1-4-9-22)30-14-5-2-6-15-30/h1,3-4,7-11,18,21,26-27H,2,5-6,12-17,19-20H2/q+1/t21?,26-,27-,31?/m0/s1. The van der Waals surface area contributed by atoms with Crippen LogP contribution in [-0.2, 0) is 9.53 Å². The van der Waals surface area contributed by atoms with E-state index in [2.05, 4.69) is 4.90 Å². The van der Waals surface area contributed by atoms with E-state index in [4.69, 9.17) is 4.74 Å². The Bertz CT molecular complexity index is 1010. The molecule has 0 amide bonds. The van der Waals surface area contributed by atoms with E-state index in [1.807, 2.05) is 30.3 Å². The number of hydrogen-bond acceptors (Lipinski definition) is 4. The van der Waals surface area contributed by atoms with Crippen LogP contribution in [0.2, 0.25) is 0 Å². The number of fused-ring (bicyclic) bond motifs is 3. The molecule has 0 aromatic heterocycles. The number of hydrogen-bond donors (Lipinski definition) is 0. The summed E-state index contributed by atoms with van der Waals surface area (Å²) in [6.45, 7) is 4.63. The number of likely N-dealkylation sites (tertiary alicyclic amines) is 1. The summed E-state index contributed by atoms with van der Waals surface area (Å²) in [6.07, 6.45) is 5.14. The summed E-state index contributed by atoms with van der Waals surface area (Å²) in [6, 6.07) is 15.5. The van der Waals surface area contributed by atoms with Crippen LogP contribution in [0.3, 0.4) is 0 Å². The van der Waals surface area contributed by atoms with Gasteiger partial charge >= 0.3 is 5.97 Å². The van der Waals surface area contributed by atoms with Gasteiger partial charge in [-0.3, -0.25) is 9.69 Å². The SMILES string of the molecule is O=C(C[N+]12CCC(CC1)[C@@H](OC(=O)[C@H](c1ccccc1)N1CCCCC1)C2)c1cccc(F)c1. The van der Waals surface area contributed by atoms with Crippen molar-refractivity contribution in [2.75, 3.05) is 39.3 Å². The molecule has 0 saturated carbocycles. The molecule has 0 unspecified atom stereocenters. The lowest BCUT2D eigenvalue weighted by molar-refractivity contribution is -0.938. The molecular formula is C28H34FN2O3+. The summed E-state index contributed by atoms with van der Waals surface area (Å²) < 4.78 is 20.5. The fourth-order valence-electron chi connectivity index (χ4n) is 6.16. The molecule has 5 nitrogen and oxygen atoms in total. The predicted molar refractivity (Wildman–Crippen MR) is 128 cm³/mol.